The number of unbranched alkanes of at least 4 members (excludes halogenated alkanes) is 1. The van der Waals surface area contributed by atoms with E-state index >= 15 is 0 Å². The molecule has 1 aliphatic heterocycles. The third-order valence-electron chi connectivity index (χ3n) is 4.98. The molecule has 0 fully saturated rings. The van der Waals surface area contributed by atoms with Crippen LogP contribution in [0.1, 0.15) is 50.3 Å². The number of nitrogens with one attached hydrogen (secondary N) is 1. The summed E-state index contributed by atoms with van der Waals surface area (Å²) >= 11 is 5.88. The summed E-state index contributed by atoms with van der Waals surface area (Å²) in [5.41, 5.74) is 2.96. The number of carbonyl (C=O) groups is 2. The summed E-state index contributed by atoms with van der Waals surface area (Å²) in [6.45, 7) is 4.62. The lowest BCUT2D eigenvalue weighted by atomic mass is 10.0. The molecule has 3 rings (SSSR count). The van der Waals surface area contributed by atoms with Crippen molar-refractivity contribution in [3.05, 3.63) is 58.6 Å². The second-order valence-electron chi connectivity index (χ2n) is 7.28. The van der Waals surface area contributed by atoms with Crippen LogP contribution in [0.2, 0.25) is 5.02 Å². The highest BCUT2D eigenvalue weighted by Crippen LogP contribution is 2.37. The van der Waals surface area contributed by atoms with Crippen molar-refractivity contribution in [1.82, 2.24) is 5.32 Å². The maximum Gasteiger partial charge on any atom is 0.254 e. The Balaban J connectivity index is 1.67. The minimum Gasteiger partial charge on any atom is -0.494 e. The van der Waals surface area contributed by atoms with E-state index in [1.165, 1.54) is 12.5 Å². The molecule has 6 heteroatoms. The van der Waals surface area contributed by atoms with Gasteiger partial charge in [-0.25, -0.2) is 0 Å². The fourth-order valence-corrected chi connectivity index (χ4v) is 3.67. The molecule has 1 heterocycles. The van der Waals surface area contributed by atoms with Crippen molar-refractivity contribution in [3.63, 3.8) is 0 Å². The van der Waals surface area contributed by atoms with E-state index in [1.54, 1.807) is 17.0 Å². The molecule has 2 aromatic rings. The summed E-state index contributed by atoms with van der Waals surface area (Å²) in [6.07, 6.45) is 3.87. The minimum atomic E-state index is -0.610. The molecule has 0 saturated heterocycles. The molecule has 2 amide bonds. The molecule has 1 aliphatic rings. The number of aryl methyl sites for hydroxylation is 1. The molecule has 154 valence electrons. The number of halogens is 1. The second kappa shape index (κ2) is 9.79. The Bertz CT molecular complexity index is 867. The van der Waals surface area contributed by atoms with Gasteiger partial charge in [0.05, 0.1) is 6.61 Å². The van der Waals surface area contributed by atoms with Crippen molar-refractivity contribution >= 4 is 29.1 Å². The predicted molar refractivity (Wildman–Crippen MR) is 116 cm³/mol. The van der Waals surface area contributed by atoms with Gasteiger partial charge in [0.25, 0.3) is 5.91 Å². The van der Waals surface area contributed by atoms with E-state index in [9.17, 15) is 9.59 Å². The van der Waals surface area contributed by atoms with Gasteiger partial charge in [-0.15, -0.1) is 0 Å². The van der Waals surface area contributed by atoms with Crippen molar-refractivity contribution in [2.24, 2.45) is 0 Å². The summed E-state index contributed by atoms with van der Waals surface area (Å²) in [5, 5.41) is 3.47. The third kappa shape index (κ3) is 5.30. The Labute approximate surface area is 177 Å². The quantitative estimate of drug-likeness (QED) is 0.606. The number of anilines is 1. The van der Waals surface area contributed by atoms with Crippen molar-refractivity contribution in [3.8, 4) is 5.75 Å². The van der Waals surface area contributed by atoms with E-state index in [0.29, 0.717) is 24.6 Å². The Morgan fingerprint density at radius 2 is 1.93 bits per heavy atom. The van der Waals surface area contributed by atoms with Crippen LogP contribution in [0.25, 0.3) is 0 Å². The van der Waals surface area contributed by atoms with E-state index in [1.807, 2.05) is 18.2 Å². The monoisotopic (exact) mass is 414 g/mol. The van der Waals surface area contributed by atoms with Crippen LogP contribution in [0.15, 0.2) is 42.5 Å². The van der Waals surface area contributed by atoms with Gasteiger partial charge in [-0.3, -0.25) is 9.59 Å². The first-order valence-corrected chi connectivity index (χ1v) is 10.5. The minimum absolute atomic E-state index is 0.0886. The normalized spacial score (nSPS) is 15.3. The van der Waals surface area contributed by atoms with Crippen molar-refractivity contribution < 1.29 is 14.3 Å². The zero-order chi connectivity index (χ0) is 20.8. The van der Waals surface area contributed by atoms with E-state index < -0.39 is 6.04 Å². The summed E-state index contributed by atoms with van der Waals surface area (Å²) in [4.78, 5) is 26.4. The molecular weight excluding hydrogens is 388 g/mol. The summed E-state index contributed by atoms with van der Waals surface area (Å²) in [6, 6.07) is 12.7. The molecule has 0 saturated carbocycles. The number of nitrogens with zero attached hydrogens (tertiary/aromatic N) is 1. The zero-order valence-electron chi connectivity index (χ0n) is 16.9. The van der Waals surface area contributed by atoms with Crippen LogP contribution in [-0.4, -0.2) is 25.0 Å². The van der Waals surface area contributed by atoms with Gasteiger partial charge in [0.2, 0.25) is 5.91 Å². The maximum atomic E-state index is 13.0. The molecule has 0 spiro atoms. The van der Waals surface area contributed by atoms with Crippen molar-refractivity contribution in [1.29, 1.82) is 0 Å². The number of hydrogen-bond acceptors (Lipinski definition) is 3. The van der Waals surface area contributed by atoms with Gasteiger partial charge in [0.15, 0.2) is 0 Å². The average Bonchev–Trinajstić information content (AvgIpc) is 2.95. The summed E-state index contributed by atoms with van der Waals surface area (Å²) in [5.74, 6) is 0.453. The highest BCUT2D eigenvalue weighted by Gasteiger charge is 2.37. The topological polar surface area (TPSA) is 58.6 Å². The fraction of sp³-hybridized carbons (Fsp3) is 0.391. The van der Waals surface area contributed by atoms with Gasteiger partial charge in [0.1, 0.15) is 11.8 Å². The maximum absolute atomic E-state index is 13.0. The lowest BCUT2D eigenvalue weighted by Crippen LogP contribution is -2.37. The van der Waals surface area contributed by atoms with Crippen molar-refractivity contribution in [2.75, 3.05) is 18.1 Å². The number of rotatable bonds is 9. The van der Waals surface area contributed by atoms with Gasteiger partial charge >= 0.3 is 0 Å². The predicted octanol–water partition coefficient (Wildman–Crippen LogP) is 4.68. The van der Waals surface area contributed by atoms with Crippen LogP contribution < -0.4 is 15.0 Å². The number of benzene rings is 2. The van der Waals surface area contributed by atoms with Gasteiger partial charge in [0, 0.05) is 29.7 Å². The third-order valence-corrected chi connectivity index (χ3v) is 5.23. The van der Waals surface area contributed by atoms with E-state index in [0.717, 1.165) is 36.3 Å². The Kier molecular flexibility index (Phi) is 7.15. The SMILES string of the molecule is CCCCc1ccc2c(c1)[C@H](NC(C)=O)C(=O)N2CCCOc1ccc(Cl)cc1. The molecular formula is C23H27ClN2O3. The Hall–Kier alpha value is -2.53. The number of hydrogen-bond donors (Lipinski definition) is 1. The first-order valence-electron chi connectivity index (χ1n) is 10.1. The molecule has 2 aromatic carbocycles. The molecule has 1 N–H and O–H groups in total. The van der Waals surface area contributed by atoms with Gasteiger partial charge in [-0.05, 0) is 55.2 Å². The first-order chi connectivity index (χ1) is 14.0. The second-order valence-corrected chi connectivity index (χ2v) is 7.71. The summed E-state index contributed by atoms with van der Waals surface area (Å²) < 4.78 is 5.73. The molecule has 0 aliphatic carbocycles. The molecule has 0 radical (unpaired) electrons. The molecule has 0 aromatic heterocycles. The fourth-order valence-electron chi connectivity index (χ4n) is 3.54. The van der Waals surface area contributed by atoms with Crippen LogP contribution >= 0.6 is 11.6 Å². The van der Waals surface area contributed by atoms with Gasteiger partial charge in [-0.1, -0.05) is 37.1 Å². The lowest BCUT2D eigenvalue weighted by Gasteiger charge is -2.18. The van der Waals surface area contributed by atoms with Crippen LogP contribution in [0.4, 0.5) is 5.69 Å². The van der Waals surface area contributed by atoms with Crippen LogP contribution in [-0.2, 0) is 16.0 Å². The average molecular weight is 415 g/mol. The molecule has 0 bridgehead atoms. The zero-order valence-corrected chi connectivity index (χ0v) is 17.7. The van der Waals surface area contributed by atoms with E-state index in [-0.39, 0.29) is 11.8 Å². The summed E-state index contributed by atoms with van der Waals surface area (Å²) in [7, 11) is 0. The number of amides is 2. The molecule has 5 nitrogen and oxygen atoms in total. The molecule has 1 atom stereocenters. The Morgan fingerprint density at radius 3 is 2.62 bits per heavy atom. The lowest BCUT2D eigenvalue weighted by molar-refractivity contribution is -0.126. The van der Waals surface area contributed by atoms with Gasteiger partial charge in [-0.2, -0.15) is 0 Å². The van der Waals surface area contributed by atoms with Crippen LogP contribution in [0.5, 0.6) is 5.75 Å². The van der Waals surface area contributed by atoms with E-state index in [2.05, 4.69) is 24.4 Å². The largest absolute Gasteiger partial charge is 0.494 e. The van der Waals surface area contributed by atoms with Crippen LogP contribution in [0.3, 0.4) is 0 Å². The van der Waals surface area contributed by atoms with Crippen LogP contribution in [0, 0.1) is 0 Å². The Morgan fingerprint density at radius 1 is 1.17 bits per heavy atom. The number of fused-ring (bicyclic) bond motifs is 1. The van der Waals surface area contributed by atoms with Crippen molar-refractivity contribution in [2.45, 2.75) is 45.6 Å². The molecule has 0 unspecified atom stereocenters. The van der Waals surface area contributed by atoms with Gasteiger partial charge < -0.3 is 15.0 Å². The highest BCUT2D eigenvalue weighted by atomic mass is 35.5. The van der Waals surface area contributed by atoms with E-state index in [4.69, 9.17) is 16.3 Å². The number of carbonyl (C=O) groups excluding carboxylic acids is 2. The highest BCUT2D eigenvalue weighted by molar-refractivity contribution is 6.30. The first kappa shape index (κ1) is 21.2. The standard InChI is InChI=1S/C23H27ClN2O3/c1-3-4-6-17-7-12-21-20(15-17)22(25-16(2)27)23(28)26(21)13-5-14-29-19-10-8-18(24)9-11-19/h7-12,15,22H,3-6,13-14H2,1-2H3,(H,25,27)/t22-/m0/s1. The number of ether oxygens (including phenoxy) is 1. The molecule has 29 heavy (non-hydrogen) atoms. The smallest absolute Gasteiger partial charge is 0.254 e.